The van der Waals surface area contributed by atoms with Gasteiger partial charge in [-0.3, -0.25) is 4.79 Å². The summed E-state index contributed by atoms with van der Waals surface area (Å²) in [5, 5.41) is 11.5. The van der Waals surface area contributed by atoms with Crippen LogP contribution in [-0.2, 0) is 4.79 Å². The van der Waals surface area contributed by atoms with Crippen LogP contribution in [-0.4, -0.2) is 67.7 Å². The van der Waals surface area contributed by atoms with E-state index in [1.54, 1.807) is 14.0 Å². The Hall–Kier alpha value is -1.30. The van der Waals surface area contributed by atoms with E-state index in [1.165, 1.54) is 4.90 Å². The summed E-state index contributed by atoms with van der Waals surface area (Å²) in [7, 11) is 5.55. The van der Waals surface area contributed by atoms with Gasteiger partial charge in [-0.2, -0.15) is 0 Å². The normalized spacial score (nSPS) is 12.3. The minimum Gasteiger partial charge on any atom is -0.481 e. The van der Waals surface area contributed by atoms with Crippen molar-refractivity contribution in [3.05, 3.63) is 0 Å². The summed E-state index contributed by atoms with van der Waals surface area (Å²) in [5.74, 6) is -1.44. The lowest BCUT2D eigenvalue weighted by Gasteiger charge is -2.20. The number of urea groups is 1. The third-order valence-corrected chi connectivity index (χ3v) is 2.37. The number of carbonyl (C=O) groups excluding carboxylic acids is 1. The Labute approximate surface area is 103 Å². The molecule has 0 radical (unpaired) electrons. The number of carbonyl (C=O) groups is 2. The molecule has 0 spiro atoms. The van der Waals surface area contributed by atoms with E-state index in [2.05, 4.69) is 5.32 Å². The first-order valence-corrected chi connectivity index (χ1v) is 5.71. The van der Waals surface area contributed by atoms with Crippen molar-refractivity contribution in [3.8, 4) is 0 Å². The lowest BCUT2D eigenvalue weighted by atomic mass is 10.2. The predicted octanol–water partition coefficient (Wildman–Crippen LogP) is 0.300. The minimum atomic E-state index is -0.891. The van der Waals surface area contributed by atoms with Crippen LogP contribution in [0.1, 0.15) is 13.3 Å². The van der Waals surface area contributed by atoms with Crippen LogP contribution in [0, 0.1) is 5.92 Å². The zero-order chi connectivity index (χ0) is 13.4. The minimum absolute atomic E-state index is 0.217. The number of nitrogens with one attached hydrogen (secondary N) is 1. The van der Waals surface area contributed by atoms with E-state index >= 15 is 0 Å². The van der Waals surface area contributed by atoms with Crippen LogP contribution in [0.2, 0.25) is 0 Å². The lowest BCUT2D eigenvalue weighted by molar-refractivity contribution is -0.141. The van der Waals surface area contributed by atoms with Gasteiger partial charge in [-0.25, -0.2) is 4.79 Å². The van der Waals surface area contributed by atoms with Gasteiger partial charge < -0.3 is 20.2 Å². The average Bonchev–Trinajstić information content (AvgIpc) is 2.23. The summed E-state index contributed by atoms with van der Waals surface area (Å²) < 4.78 is 0. The van der Waals surface area contributed by atoms with Crippen LogP contribution in [0.25, 0.3) is 0 Å². The van der Waals surface area contributed by atoms with E-state index in [0.29, 0.717) is 6.54 Å². The molecule has 17 heavy (non-hydrogen) atoms. The van der Waals surface area contributed by atoms with E-state index in [4.69, 9.17) is 5.11 Å². The van der Waals surface area contributed by atoms with Crippen LogP contribution in [0.15, 0.2) is 0 Å². The average molecular weight is 245 g/mol. The van der Waals surface area contributed by atoms with Crippen molar-refractivity contribution in [3.63, 3.8) is 0 Å². The molecule has 0 aliphatic rings. The van der Waals surface area contributed by atoms with E-state index in [1.807, 2.05) is 19.0 Å². The van der Waals surface area contributed by atoms with Gasteiger partial charge in [0.25, 0.3) is 0 Å². The van der Waals surface area contributed by atoms with E-state index in [0.717, 1.165) is 13.0 Å². The van der Waals surface area contributed by atoms with Gasteiger partial charge >= 0.3 is 12.0 Å². The number of rotatable bonds is 7. The molecule has 0 aliphatic carbocycles. The zero-order valence-corrected chi connectivity index (χ0v) is 11.1. The molecule has 0 bridgehead atoms. The first kappa shape index (κ1) is 15.7. The van der Waals surface area contributed by atoms with Crippen molar-refractivity contribution in [2.24, 2.45) is 5.92 Å². The SMILES string of the molecule is CC(CN(C)C(=O)NCCCN(C)C)C(=O)O. The molecule has 1 atom stereocenters. The van der Waals surface area contributed by atoms with E-state index < -0.39 is 11.9 Å². The Bertz CT molecular complexity index is 256. The van der Waals surface area contributed by atoms with Gasteiger partial charge in [0.05, 0.1) is 5.92 Å². The summed E-state index contributed by atoms with van der Waals surface area (Å²) in [4.78, 5) is 25.6. The van der Waals surface area contributed by atoms with Crippen molar-refractivity contribution in [1.29, 1.82) is 0 Å². The van der Waals surface area contributed by atoms with Gasteiger partial charge in [0.2, 0.25) is 0 Å². The van der Waals surface area contributed by atoms with Crippen molar-refractivity contribution >= 4 is 12.0 Å². The molecular formula is C11H23N3O3. The van der Waals surface area contributed by atoms with Gasteiger partial charge in [-0.05, 0) is 27.1 Å². The maximum atomic E-state index is 11.6. The summed E-state index contributed by atoms with van der Waals surface area (Å²) in [6.45, 7) is 3.31. The highest BCUT2D eigenvalue weighted by molar-refractivity contribution is 5.75. The topological polar surface area (TPSA) is 72.9 Å². The second-order valence-electron chi connectivity index (χ2n) is 4.51. The molecule has 0 aliphatic heterocycles. The fourth-order valence-electron chi connectivity index (χ4n) is 1.30. The molecule has 2 amide bonds. The highest BCUT2D eigenvalue weighted by atomic mass is 16.4. The number of amides is 2. The molecule has 100 valence electrons. The third kappa shape index (κ3) is 7.57. The second kappa shape index (κ2) is 7.89. The molecular weight excluding hydrogens is 222 g/mol. The maximum Gasteiger partial charge on any atom is 0.317 e. The first-order chi connectivity index (χ1) is 7.84. The smallest absolute Gasteiger partial charge is 0.317 e. The van der Waals surface area contributed by atoms with Gasteiger partial charge in [-0.1, -0.05) is 6.92 Å². The largest absolute Gasteiger partial charge is 0.481 e. The molecule has 0 rings (SSSR count). The lowest BCUT2D eigenvalue weighted by Crippen LogP contribution is -2.41. The number of nitrogens with zero attached hydrogens (tertiary/aromatic N) is 2. The van der Waals surface area contributed by atoms with Crippen molar-refractivity contribution in [1.82, 2.24) is 15.1 Å². The molecule has 2 N–H and O–H groups in total. The Morgan fingerprint density at radius 2 is 1.88 bits per heavy atom. The highest BCUT2D eigenvalue weighted by Gasteiger charge is 2.16. The summed E-state index contributed by atoms with van der Waals surface area (Å²) in [5.41, 5.74) is 0. The molecule has 0 fully saturated rings. The monoisotopic (exact) mass is 245 g/mol. The van der Waals surface area contributed by atoms with Crippen molar-refractivity contribution in [2.75, 3.05) is 40.8 Å². The van der Waals surface area contributed by atoms with E-state index in [-0.39, 0.29) is 12.6 Å². The summed E-state index contributed by atoms with van der Waals surface area (Å²) >= 11 is 0. The van der Waals surface area contributed by atoms with Gasteiger partial charge in [0, 0.05) is 20.1 Å². The Morgan fingerprint density at radius 1 is 1.29 bits per heavy atom. The summed E-state index contributed by atoms with van der Waals surface area (Å²) in [6, 6.07) is -0.225. The maximum absolute atomic E-state index is 11.6. The van der Waals surface area contributed by atoms with Gasteiger partial charge in [0.1, 0.15) is 0 Å². The van der Waals surface area contributed by atoms with Crippen molar-refractivity contribution < 1.29 is 14.7 Å². The molecule has 1 unspecified atom stereocenters. The van der Waals surface area contributed by atoms with Gasteiger partial charge in [0.15, 0.2) is 0 Å². The number of aliphatic carboxylic acids is 1. The number of hydrogen-bond acceptors (Lipinski definition) is 3. The molecule has 0 saturated carbocycles. The van der Waals surface area contributed by atoms with Crippen LogP contribution >= 0.6 is 0 Å². The molecule has 0 aromatic heterocycles. The van der Waals surface area contributed by atoms with Crippen LogP contribution in [0.4, 0.5) is 4.79 Å². The van der Waals surface area contributed by atoms with E-state index in [9.17, 15) is 9.59 Å². The standard InChI is InChI=1S/C11H23N3O3/c1-9(10(15)16)8-14(4)11(17)12-6-5-7-13(2)3/h9H,5-8H2,1-4H3,(H,12,17)(H,15,16). The third-order valence-electron chi connectivity index (χ3n) is 2.37. The Kier molecular flexibility index (Phi) is 7.29. The fraction of sp³-hybridized carbons (Fsp3) is 0.818. The molecule has 6 heteroatoms. The Morgan fingerprint density at radius 3 is 2.35 bits per heavy atom. The van der Waals surface area contributed by atoms with Gasteiger partial charge in [-0.15, -0.1) is 0 Å². The molecule has 0 saturated heterocycles. The molecule has 0 aromatic rings. The molecule has 0 heterocycles. The first-order valence-electron chi connectivity index (χ1n) is 5.71. The summed E-state index contributed by atoms with van der Waals surface area (Å²) in [6.07, 6.45) is 0.876. The number of carboxylic acid groups (broad SMARTS) is 1. The second-order valence-corrected chi connectivity index (χ2v) is 4.51. The Balaban J connectivity index is 3.78. The van der Waals surface area contributed by atoms with Crippen LogP contribution < -0.4 is 5.32 Å². The molecule has 6 nitrogen and oxygen atoms in total. The van der Waals surface area contributed by atoms with Crippen LogP contribution in [0.5, 0.6) is 0 Å². The quantitative estimate of drug-likeness (QED) is 0.633. The van der Waals surface area contributed by atoms with Crippen LogP contribution in [0.3, 0.4) is 0 Å². The van der Waals surface area contributed by atoms with Crippen molar-refractivity contribution in [2.45, 2.75) is 13.3 Å². The predicted molar refractivity (Wildman–Crippen MR) is 66.0 cm³/mol. The molecule has 0 aromatic carbocycles. The fourth-order valence-corrected chi connectivity index (χ4v) is 1.30. The number of hydrogen-bond donors (Lipinski definition) is 2. The number of carboxylic acids is 1. The zero-order valence-electron chi connectivity index (χ0n) is 11.1. The highest BCUT2D eigenvalue weighted by Crippen LogP contribution is 1.98.